The standard InChI is InChI=1S/C14H13FN2O/c1-9-7-10(14(16)17)5-6-13(9)18-12-4-2-3-11(15)8-12/h2-8H,1H3,(H3,16,17). The molecule has 0 aliphatic heterocycles. The summed E-state index contributed by atoms with van der Waals surface area (Å²) in [6.45, 7) is 1.85. The summed E-state index contributed by atoms with van der Waals surface area (Å²) < 4.78 is 18.6. The van der Waals surface area contributed by atoms with Crippen LogP contribution in [0.4, 0.5) is 4.39 Å². The molecule has 0 heterocycles. The van der Waals surface area contributed by atoms with E-state index in [1.54, 1.807) is 30.3 Å². The molecule has 0 radical (unpaired) electrons. The molecule has 3 nitrogen and oxygen atoms in total. The lowest BCUT2D eigenvalue weighted by atomic mass is 10.1. The molecule has 18 heavy (non-hydrogen) atoms. The van der Waals surface area contributed by atoms with E-state index in [-0.39, 0.29) is 11.7 Å². The number of aryl methyl sites for hydroxylation is 1. The van der Waals surface area contributed by atoms with Crippen LogP contribution < -0.4 is 10.5 Å². The average molecular weight is 244 g/mol. The Bertz CT molecular complexity index is 596. The number of ether oxygens (including phenoxy) is 1. The number of halogens is 1. The largest absolute Gasteiger partial charge is 0.457 e. The number of hydrogen-bond acceptors (Lipinski definition) is 2. The summed E-state index contributed by atoms with van der Waals surface area (Å²) in [5.74, 6) is 0.722. The molecule has 0 aromatic heterocycles. The minimum absolute atomic E-state index is 0.00963. The van der Waals surface area contributed by atoms with Crippen LogP contribution in [-0.4, -0.2) is 5.84 Å². The second-order valence-electron chi connectivity index (χ2n) is 3.95. The van der Waals surface area contributed by atoms with Crippen LogP contribution in [0.2, 0.25) is 0 Å². The summed E-state index contributed by atoms with van der Waals surface area (Å²) in [5, 5.41) is 7.34. The molecular weight excluding hydrogens is 231 g/mol. The molecular formula is C14H13FN2O. The van der Waals surface area contributed by atoms with Crippen molar-refractivity contribution in [3.63, 3.8) is 0 Å². The van der Waals surface area contributed by atoms with Gasteiger partial charge >= 0.3 is 0 Å². The predicted octanol–water partition coefficient (Wildman–Crippen LogP) is 3.21. The molecule has 0 saturated carbocycles. The van der Waals surface area contributed by atoms with Crippen molar-refractivity contribution in [1.29, 1.82) is 5.41 Å². The summed E-state index contributed by atoms with van der Waals surface area (Å²) in [6.07, 6.45) is 0. The smallest absolute Gasteiger partial charge is 0.130 e. The number of nitrogens with two attached hydrogens (primary N) is 1. The first-order valence-corrected chi connectivity index (χ1v) is 5.45. The maximum Gasteiger partial charge on any atom is 0.130 e. The molecule has 4 heteroatoms. The summed E-state index contributed by atoms with van der Waals surface area (Å²) >= 11 is 0. The van der Waals surface area contributed by atoms with Gasteiger partial charge in [-0.25, -0.2) is 4.39 Å². The van der Waals surface area contributed by atoms with Crippen LogP contribution in [0.3, 0.4) is 0 Å². The van der Waals surface area contributed by atoms with Crippen molar-refractivity contribution >= 4 is 5.84 Å². The SMILES string of the molecule is Cc1cc(C(=N)N)ccc1Oc1cccc(F)c1. The van der Waals surface area contributed by atoms with Crippen LogP contribution in [0.1, 0.15) is 11.1 Å². The first-order valence-electron chi connectivity index (χ1n) is 5.45. The molecule has 0 atom stereocenters. The summed E-state index contributed by atoms with van der Waals surface area (Å²) in [4.78, 5) is 0. The second-order valence-corrected chi connectivity index (χ2v) is 3.95. The first kappa shape index (κ1) is 12.1. The molecule has 0 aliphatic rings. The van der Waals surface area contributed by atoms with E-state index in [0.29, 0.717) is 17.1 Å². The van der Waals surface area contributed by atoms with E-state index in [4.69, 9.17) is 15.9 Å². The van der Waals surface area contributed by atoms with Gasteiger partial charge in [0, 0.05) is 11.6 Å². The van der Waals surface area contributed by atoms with Crippen molar-refractivity contribution in [1.82, 2.24) is 0 Å². The Morgan fingerprint density at radius 1 is 1.22 bits per heavy atom. The van der Waals surface area contributed by atoms with Gasteiger partial charge in [-0.1, -0.05) is 6.07 Å². The van der Waals surface area contributed by atoms with Gasteiger partial charge in [-0.3, -0.25) is 5.41 Å². The Kier molecular flexibility index (Phi) is 3.28. The van der Waals surface area contributed by atoms with Crippen molar-refractivity contribution in [3.05, 3.63) is 59.4 Å². The highest BCUT2D eigenvalue weighted by atomic mass is 19.1. The van der Waals surface area contributed by atoms with Gasteiger partial charge in [-0.15, -0.1) is 0 Å². The van der Waals surface area contributed by atoms with Gasteiger partial charge in [0.1, 0.15) is 23.2 Å². The second kappa shape index (κ2) is 4.87. The molecule has 0 aliphatic carbocycles. The van der Waals surface area contributed by atoms with Gasteiger partial charge < -0.3 is 10.5 Å². The van der Waals surface area contributed by atoms with Crippen molar-refractivity contribution in [2.24, 2.45) is 5.73 Å². The lowest BCUT2D eigenvalue weighted by molar-refractivity contribution is 0.473. The third-order valence-electron chi connectivity index (χ3n) is 2.51. The minimum atomic E-state index is -0.342. The summed E-state index contributed by atoms with van der Waals surface area (Å²) in [6, 6.07) is 11.1. The fourth-order valence-corrected chi connectivity index (χ4v) is 1.59. The minimum Gasteiger partial charge on any atom is -0.457 e. The molecule has 0 spiro atoms. The molecule has 3 N–H and O–H groups in total. The van der Waals surface area contributed by atoms with Crippen LogP contribution in [-0.2, 0) is 0 Å². The van der Waals surface area contributed by atoms with Gasteiger partial charge in [0.2, 0.25) is 0 Å². The number of nitrogen functional groups attached to an aromatic ring is 1. The van der Waals surface area contributed by atoms with E-state index in [1.807, 2.05) is 6.92 Å². The van der Waals surface area contributed by atoms with Crippen LogP contribution in [0.5, 0.6) is 11.5 Å². The Hall–Kier alpha value is -2.36. The number of amidine groups is 1. The van der Waals surface area contributed by atoms with E-state index in [0.717, 1.165) is 5.56 Å². The third kappa shape index (κ3) is 2.66. The molecule has 0 saturated heterocycles. The zero-order valence-corrected chi connectivity index (χ0v) is 9.91. The Morgan fingerprint density at radius 2 is 2.00 bits per heavy atom. The van der Waals surface area contributed by atoms with Crippen molar-refractivity contribution in [2.75, 3.05) is 0 Å². The number of rotatable bonds is 3. The monoisotopic (exact) mass is 244 g/mol. The maximum atomic E-state index is 13.0. The molecule has 92 valence electrons. The molecule has 2 aromatic rings. The lowest BCUT2D eigenvalue weighted by Gasteiger charge is -2.10. The fourth-order valence-electron chi connectivity index (χ4n) is 1.59. The van der Waals surface area contributed by atoms with Gasteiger partial charge in [0.15, 0.2) is 0 Å². The van der Waals surface area contributed by atoms with Crippen molar-refractivity contribution < 1.29 is 9.13 Å². The Balaban J connectivity index is 2.27. The van der Waals surface area contributed by atoms with Crippen molar-refractivity contribution in [2.45, 2.75) is 6.92 Å². The van der Waals surface area contributed by atoms with Gasteiger partial charge in [0.25, 0.3) is 0 Å². The quantitative estimate of drug-likeness (QED) is 0.643. The highest BCUT2D eigenvalue weighted by Gasteiger charge is 2.05. The molecule has 2 rings (SSSR count). The zero-order chi connectivity index (χ0) is 13.1. The highest BCUT2D eigenvalue weighted by molar-refractivity contribution is 5.95. The van der Waals surface area contributed by atoms with Gasteiger partial charge in [-0.2, -0.15) is 0 Å². The van der Waals surface area contributed by atoms with E-state index >= 15 is 0 Å². The Labute approximate surface area is 105 Å². The molecule has 2 aromatic carbocycles. The van der Waals surface area contributed by atoms with E-state index in [1.165, 1.54) is 12.1 Å². The van der Waals surface area contributed by atoms with Crippen molar-refractivity contribution in [3.8, 4) is 11.5 Å². The van der Waals surface area contributed by atoms with Gasteiger partial charge in [-0.05, 0) is 42.8 Å². The fraction of sp³-hybridized carbons (Fsp3) is 0.0714. The Morgan fingerprint density at radius 3 is 2.61 bits per heavy atom. The van der Waals surface area contributed by atoms with Gasteiger partial charge in [0.05, 0.1) is 0 Å². The average Bonchev–Trinajstić information content (AvgIpc) is 2.31. The lowest BCUT2D eigenvalue weighted by Crippen LogP contribution is -2.11. The maximum absolute atomic E-state index is 13.0. The van der Waals surface area contributed by atoms with Crippen LogP contribution in [0.25, 0.3) is 0 Å². The molecule has 0 unspecified atom stereocenters. The van der Waals surface area contributed by atoms with Crippen LogP contribution in [0.15, 0.2) is 42.5 Å². The predicted molar refractivity (Wildman–Crippen MR) is 68.7 cm³/mol. The number of hydrogen-bond donors (Lipinski definition) is 2. The number of nitrogens with one attached hydrogen (secondary N) is 1. The first-order chi connectivity index (χ1) is 8.56. The summed E-state index contributed by atoms with van der Waals surface area (Å²) in [7, 11) is 0. The highest BCUT2D eigenvalue weighted by Crippen LogP contribution is 2.26. The normalized spacial score (nSPS) is 10.1. The van der Waals surface area contributed by atoms with Crippen LogP contribution in [0, 0.1) is 18.2 Å². The molecule has 0 bridgehead atoms. The molecule has 0 fully saturated rings. The summed E-state index contributed by atoms with van der Waals surface area (Å²) in [5.41, 5.74) is 6.88. The molecule has 0 amide bonds. The van der Waals surface area contributed by atoms with E-state index in [9.17, 15) is 4.39 Å². The zero-order valence-electron chi connectivity index (χ0n) is 9.91. The van der Waals surface area contributed by atoms with Crippen LogP contribution >= 0.6 is 0 Å². The van der Waals surface area contributed by atoms with E-state index in [2.05, 4.69) is 0 Å². The third-order valence-corrected chi connectivity index (χ3v) is 2.51. The topological polar surface area (TPSA) is 59.1 Å². The number of benzene rings is 2. The van der Waals surface area contributed by atoms with E-state index < -0.39 is 0 Å².